The number of carbonyl (C=O) groups excluding carboxylic acids is 5. The number of ether oxygens (including phenoxy) is 3. The molecule has 17 heteroatoms. The number of fused-ring (bicyclic) bond motifs is 1. The quantitative estimate of drug-likeness (QED) is 0.0273. The second kappa shape index (κ2) is 36.0. The number of likely N-dealkylation sites (tertiary alicyclic amines) is 1. The second-order valence-corrected chi connectivity index (χ2v) is 21.0. The van der Waals surface area contributed by atoms with Gasteiger partial charge >= 0.3 is 51.4 Å². The minimum atomic E-state index is -0.0886. The van der Waals surface area contributed by atoms with Crippen LogP contribution in [-0.2, 0) is 41.6 Å². The van der Waals surface area contributed by atoms with Crippen LogP contribution in [0.4, 0.5) is 17.2 Å². The number of rotatable bonds is 27. The van der Waals surface area contributed by atoms with E-state index in [2.05, 4.69) is 67.9 Å². The van der Waals surface area contributed by atoms with Gasteiger partial charge in [-0.3, -0.25) is 29.9 Å². The number of carbonyl (C=O) groups is 5. The third kappa shape index (κ3) is 22.2. The number of ketones is 4. The SMILES string of the molecule is CC(=O)c1cccc(NC2CCN(CCOCCOCCCc3nc(C(C)NCc4ccc(N5CCOCC5)cc4)cc(N4CC[C-]5CCCCC54)n3)CC2)c1C(C)=O.CCC(CCC(=O)C(C)C)C(C)=O.CNC=O.[K+]. The molecule has 0 bridgehead atoms. The molecule has 4 aliphatic rings. The van der Waals surface area contributed by atoms with E-state index >= 15 is 0 Å². The molecule has 1 aliphatic carbocycles. The predicted octanol–water partition coefficient (Wildman–Crippen LogP) is 5.81. The topological polar surface area (TPSA) is 185 Å². The molecule has 3 N–H and O–H groups in total. The summed E-state index contributed by atoms with van der Waals surface area (Å²) in [4.78, 5) is 73.5. The summed E-state index contributed by atoms with van der Waals surface area (Å²) in [5.41, 5.74) is 5.32. The van der Waals surface area contributed by atoms with Crippen molar-refractivity contribution in [2.24, 2.45) is 11.8 Å². The van der Waals surface area contributed by atoms with E-state index in [1.807, 2.05) is 32.9 Å². The number of aromatic nitrogens is 2. The molecule has 420 valence electrons. The van der Waals surface area contributed by atoms with Crippen molar-refractivity contribution in [2.75, 3.05) is 101 Å². The molecule has 7 rings (SSSR count). The van der Waals surface area contributed by atoms with Gasteiger partial charge in [-0.05, 0) is 90.1 Å². The van der Waals surface area contributed by atoms with E-state index in [1.165, 1.54) is 57.2 Å². The number of benzene rings is 2. The van der Waals surface area contributed by atoms with Crippen molar-refractivity contribution < 1.29 is 89.6 Å². The number of anilines is 3. The zero-order valence-electron chi connectivity index (χ0n) is 48.3. The van der Waals surface area contributed by atoms with Gasteiger partial charge in [-0.2, -0.15) is 12.8 Å². The van der Waals surface area contributed by atoms with E-state index in [0.717, 1.165) is 121 Å². The van der Waals surface area contributed by atoms with Crippen molar-refractivity contribution in [1.29, 1.82) is 0 Å². The summed E-state index contributed by atoms with van der Waals surface area (Å²) in [6, 6.07) is 17.5. The van der Waals surface area contributed by atoms with Crippen LogP contribution in [0.5, 0.6) is 0 Å². The van der Waals surface area contributed by atoms with E-state index in [0.29, 0.717) is 56.4 Å². The minimum Gasteiger partial charge on any atom is -0.386 e. The largest absolute Gasteiger partial charge is 1.00 e. The van der Waals surface area contributed by atoms with Gasteiger partial charge in [-0.25, -0.2) is 9.97 Å². The van der Waals surface area contributed by atoms with Gasteiger partial charge < -0.3 is 44.9 Å². The first kappa shape index (κ1) is 66.0. The van der Waals surface area contributed by atoms with Gasteiger partial charge in [0.1, 0.15) is 23.2 Å². The average Bonchev–Trinajstić information content (AvgIpc) is 3.87. The number of piperidine rings is 1. The van der Waals surface area contributed by atoms with Gasteiger partial charge in [-0.1, -0.05) is 70.3 Å². The Bertz CT molecular complexity index is 2250. The maximum Gasteiger partial charge on any atom is 1.00 e. The zero-order valence-corrected chi connectivity index (χ0v) is 51.4. The molecule has 1 saturated carbocycles. The second-order valence-electron chi connectivity index (χ2n) is 21.0. The van der Waals surface area contributed by atoms with Gasteiger partial charge in [0.2, 0.25) is 6.41 Å². The molecule has 3 unspecified atom stereocenters. The van der Waals surface area contributed by atoms with Gasteiger partial charge in [0.05, 0.1) is 44.3 Å². The number of morpholine rings is 1. The first-order valence-corrected chi connectivity index (χ1v) is 28.3. The van der Waals surface area contributed by atoms with E-state index in [9.17, 15) is 19.2 Å². The standard InChI is InChI=1S/C47H66N7O5.C11H20O2.C2H5NO.K/c1-34(48-33-37-13-15-40(16-14-37)53-24-28-58-29-25-53)43-32-46(54-22-17-38-8-4-5-11-44(38)54)51-45(50-43)12-7-26-57-30-31-59-27-23-52-20-18-39(19-21-52)49-42-10-6-9-41(35(2)55)47(42)36(3)56;1-5-10(9(4)12)6-7-11(13)8(2)3;1-3-2-4;/h6,9-10,13-16,32,34,39,44,48-49H,4-5,7-8,11-12,17-31,33H2,1-3H3;8,10H,5-7H2,1-4H3;2H,1H3,(H,3,4);/q-1;;;+1. The first-order valence-electron chi connectivity index (χ1n) is 28.3. The Hall–Kier alpha value is -3.49. The van der Waals surface area contributed by atoms with E-state index in [1.54, 1.807) is 26.0 Å². The van der Waals surface area contributed by atoms with Crippen LogP contribution < -0.4 is 77.1 Å². The average molecular weight is 1090 g/mol. The summed E-state index contributed by atoms with van der Waals surface area (Å²) in [5, 5.41) is 9.54. The van der Waals surface area contributed by atoms with Crippen molar-refractivity contribution in [3.05, 3.63) is 82.7 Å². The van der Waals surface area contributed by atoms with E-state index in [4.69, 9.17) is 29.0 Å². The van der Waals surface area contributed by atoms with E-state index < -0.39 is 0 Å². The summed E-state index contributed by atoms with van der Waals surface area (Å²) in [5.74, 6) is 4.16. The molecule has 4 fully saturated rings. The van der Waals surface area contributed by atoms with Crippen LogP contribution in [0.1, 0.15) is 163 Å². The Kier molecular flexibility index (Phi) is 30.9. The maximum absolute atomic E-state index is 12.4. The molecule has 16 nitrogen and oxygen atoms in total. The molecular weight excluding hydrogens is 1000 g/mol. The van der Waals surface area contributed by atoms with Gasteiger partial charge in [-0.15, -0.1) is 0 Å². The molecule has 3 aromatic rings. The first-order chi connectivity index (χ1) is 36.7. The molecule has 1 amide bonds. The fourth-order valence-corrected chi connectivity index (χ4v) is 10.4. The van der Waals surface area contributed by atoms with Crippen molar-refractivity contribution in [3.8, 4) is 0 Å². The number of nitrogens with one attached hydrogen (secondary N) is 3. The molecule has 0 radical (unpaired) electrons. The fraction of sp³-hybridized carbons (Fsp3) is 0.633. The van der Waals surface area contributed by atoms with Crippen LogP contribution in [0.15, 0.2) is 48.5 Å². The minimum absolute atomic E-state index is 0. The van der Waals surface area contributed by atoms with Crippen LogP contribution in [0.2, 0.25) is 0 Å². The monoisotopic (exact) mass is 1090 g/mol. The van der Waals surface area contributed by atoms with Gasteiger partial charge in [0, 0.05) is 113 Å². The Morgan fingerprint density at radius 3 is 2.19 bits per heavy atom. The van der Waals surface area contributed by atoms with Crippen molar-refractivity contribution in [2.45, 2.75) is 150 Å². The third-order valence-corrected chi connectivity index (χ3v) is 15.1. The predicted molar refractivity (Wildman–Crippen MR) is 302 cm³/mol. The molecule has 3 saturated heterocycles. The smallest absolute Gasteiger partial charge is 0.386 e. The molecule has 3 aliphatic heterocycles. The Morgan fingerprint density at radius 2 is 1.56 bits per heavy atom. The number of Topliss-reactive ketones (excluding diaryl/α,β-unsaturated/α-hetero) is 4. The van der Waals surface area contributed by atoms with Crippen LogP contribution in [0, 0.1) is 17.8 Å². The molecule has 2 aromatic carbocycles. The van der Waals surface area contributed by atoms with E-state index in [-0.39, 0.29) is 98.4 Å². The van der Waals surface area contributed by atoms with Gasteiger partial charge in [0.15, 0.2) is 11.6 Å². The molecule has 0 spiro atoms. The summed E-state index contributed by atoms with van der Waals surface area (Å²) in [7, 11) is 1.56. The Balaban J connectivity index is 0.000000614. The molecular formula is C60H91KN8O8. The molecule has 3 atom stereocenters. The summed E-state index contributed by atoms with van der Waals surface area (Å²) >= 11 is 0. The summed E-state index contributed by atoms with van der Waals surface area (Å²) in [6.07, 6.45) is 12.6. The summed E-state index contributed by atoms with van der Waals surface area (Å²) < 4.78 is 17.5. The van der Waals surface area contributed by atoms with Crippen molar-refractivity contribution in [1.82, 2.24) is 25.5 Å². The Labute approximate surface area is 503 Å². The number of hydrogen-bond acceptors (Lipinski definition) is 15. The van der Waals surface area contributed by atoms with Crippen LogP contribution in [0.25, 0.3) is 0 Å². The normalized spacial score (nSPS) is 17.6. The molecule has 1 aromatic heterocycles. The third-order valence-electron chi connectivity index (χ3n) is 15.1. The van der Waals surface area contributed by atoms with Crippen molar-refractivity contribution >= 4 is 46.7 Å². The number of amides is 1. The Morgan fingerprint density at radius 1 is 0.857 bits per heavy atom. The van der Waals surface area contributed by atoms with Gasteiger partial charge in [0.25, 0.3) is 0 Å². The number of hydrogen-bond donors (Lipinski definition) is 3. The number of aryl methyl sites for hydroxylation is 1. The zero-order chi connectivity index (χ0) is 54.8. The summed E-state index contributed by atoms with van der Waals surface area (Å²) in [6.45, 7) is 23.2. The maximum atomic E-state index is 12.4. The van der Waals surface area contributed by atoms with Crippen molar-refractivity contribution in [3.63, 3.8) is 0 Å². The fourth-order valence-electron chi connectivity index (χ4n) is 10.4. The van der Waals surface area contributed by atoms with Crippen LogP contribution in [0.3, 0.4) is 0 Å². The molecule has 77 heavy (non-hydrogen) atoms. The van der Waals surface area contributed by atoms with Crippen LogP contribution in [-0.4, -0.2) is 142 Å². The van der Waals surface area contributed by atoms with Crippen LogP contribution >= 0.6 is 0 Å². The molecule has 4 heterocycles. The number of nitrogens with zero attached hydrogens (tertiary/aromatic N) is 5.